The summed E-state index contributed by atoms with van der Waals surface area (Å²) < 4.78 is 37.7. The number of aromatic amines is 1. The van der Waals surface area contributed by atoms with E-state index in [4.69, 9.17) is 11.6 Å². The van der Waals surface area contributed by atoms with Crippen molar-refractivity contribution in [3.63, 3.8) is 0 Å². The predicted molar refractivity (Wildman–Crippen MR) is 62.8 cm³/mol. The van der Waals surface area contributed by atoms with Gasteiger partial charge in [-0.25, -0.2) is 9.97 Å². The highest BCUT2D eigenvalue weighted by Crippen LogP contribution is 2.31. The van der Waals surface area contributed by atoms with Crippen LogP contribution in [0.4, 0.5) is 19.0 Å². The minimum absolute atomic E-state index is 0.0688. The van der Waals surface area contributed by atoms with E-state index >= 15 is 0 Å². The van der Waals surface area contributed by atoms with Crippen molar-refractivity contribution in [2.45, 2.75) is 12.6 Å². The van der Waals surface area contributed by atoms with E-state index in [1.807, 2.05) is 0 Å². The van der Waals surface area contributed by atoms with Gasteiger partial charge in [-0.3, -0.25) is 5.10 Å². The Kier molecular flexibility index (Phi) is 3.89. The number of alkyl halides is 3. The zero-order valence-electron chi connectivity index (χ0n) is 9.50. The fraction of sp³-hybridized carbons (Fsp3) is 0.300. The highest BCUT2D eigenvalue weighted by molar-refractivity contribution is 6.29. The van der Waals surface area contributed by atoms with Crippen LogP contribution in [0.3, 0.4) is 0 Å². The lowest BCUT2D eigenvalue weighted by Gasteiger charge is -2.10. The Morgan fingerprint density at radius 1 is 1.32 bits per heavy atom. The van der Waals surface area contributed by atoms with Crippen molar-refractivity contribution in [3.8, 4) is 0 Å². The van der Waals surface area contributed by atoms with E-state index in [0.717, 1.165) is 12.1 Å². The van der Waals surface area contributed by atoms with Gasteiger partial charge in [-0.1, -0.05) is 11.6 Å². The second kappa shape index (κ2) is 5.43. The average molecular weight is 292 g/mol. The van der Waals surface area contributed by atoms with Crippen molar-refractivity contribution < 1.29 is 13.2 Å². The lowest BCUT2D eigenvalue weighted by atomic mass is 10.2. The van der Waals surface area contributed by atoms with E-state index in [9.17, 15) is 13.2 Å². The van der Waals surface area contributed by atoms with Crippen molar-refractivity contribution >= 4 is 17.4 Å². The van der Waals surface area contributed by atoms with Gasteiger partial charge >= 0.3 is 6.18 Å². The molecule has 0 aromatic carbocycles. The van der Waals surface area contributed by atoms with Crippen LogP contribution in [0.25, 0.3) is 0 Å². The molecule has 9 heteroatoms. The van der Waals surface area contributed by atoms with Gasteiger partial charge in [-0.2, -0.15) is 18.3 Å². The lowest BCUT2D eigenvalue weighted by molar-refractivity contribution is -0.137. The molecule has 0 amide bonds. The topological polar surface area (TPSA) is 66.5 Å². The molecule has 0 radical (unpaired) electrons. The van der Waals surface area contributed by atoms with E-state index in [1.165, 1.54) is 6.33 Å². The predicted octanol–water partition coefficient (Wildman–Crippen LogP) is 2.53. The lowest BCUT2D eigenvalue weighted by Crippen LogP contribution is -2.10. The number of halogens is 4. The van der Waals surface area contributed by atoms with Gasteiger partial charge in [0.2, 0.25) is 0 Å². The van der Waals surface area contributed by atoms with Gasteiger partial charge in [0.25, 0.3) is 0 Å². The van der Waals surface area contributed by atoms with Crippen LogP contribution in [-0.2, 0) is 12.6 Å². The summed E-state index contributed by atoms with van der Waals surface area (Å²) in [5.74, 6) is 0.699. The second-order valence-electron chi connectivity index (χ2n) is 3.67. The number of hydrogen-bond acceptors (Lipinski definition) is 4. The molecule has 0 saturated carbocycles. The van der Waals surface area contributed by atoms with Crippen LogP contribution in [0, 0.1) is 0 Å². The molecule has 0 bridgehead atoms. The molecule has 0 atom stereocenters. The van der Waals surface area contributed by atoms with Crippen LogP contribution in [0.2, 0.25) is 5.15 Å². The first kappa shape index (κ1) is 13.6. The van der Waals surface area contributed by atoms with Gasteiger partial charge < -0.3 is 5.32 Å². The maximum atomic E-state index is 12.6. The number of nitrogens with one attached hydrogen (secondary N) is 2. The second-order valence-corrected chi connectivity index (χ2v) is 4.06. The number of nitrogens with zero attached hydrogens (tertiary/aromatic N) is 3. The van der Waals surface area contributed by atoms with Crippen LogP contribution in [0.1, 0.15) is 11.4 Å². The summed E-state index contributed by atoms with van der Waals surface area (Å²) >= 11 is 5.55. The van der Waals surface area contributed by atoms with Gasteiger partial charge in [0.1, 0.15) is 23.1 Å². The summed E-state index contributed by atoms with van der Waals surface area (Å²) in [4.78, 5) is 7.66. The zero-order chi connectivity index (χ0) is 13.9. The summed E-state index contributed by atoms with van der Waals surface area (Å²) in [6.07, 6.45) is -2.61. The van der Waals surface area contributed by atoms with E-state index in [2.05, 4.69) is 25.5 Å². The summed E-state index contributed by atoms with van der Waals surface area (Å²) in [5.41, 5.74) is -0.838. The van der Waals surface area contributed by atoms with Crippen molar-refractivity contribution in [2.75, 3.05) is 11.9 Å². The highest BCUT2D eigenvalue weighted by Gasteiger charge is 2.31. The number of rotatable bonds is 4. The summed E-state index contributed by atoms with van der Waals surface area (Å²) in [6.45, 7) is 0.361. The molecule has 0 aliphatic carbocycles. The van der Waals surface area contributed by atoms with Crippen LogP contribution < -0.4 is 5.32 Å². The number of aromatic nitrogens is 4. The molecule has 0 unspecified atom stereocenters. The molecule has 2 N–H and O–H groups in total. The smallest absolute Gasteiger partial charge is 0.370 e. The molecule has 2 heterocycles. The fourth-order valence-electron chi connectivity index (χ4n) is 1.41. The Labute approximate surface area is 111 Å². The van der Waals surface area contributed by atoms with E-state index in [1.54, 1.807) is 0 Å². The van der Waals surface area contributed by atoms with Gasteiger partial charge in [0.05, 0.1) is 5.56 Å². The average Bonchev–Trinajstić information content (AvgIpc) is 2.80. The molecule has 2 rings (SSSR count). The van der Waals surface area contributed by atoms with E-state index < -0.39 is 11.7 Å². The Morgan fingerprint density at radius 3 is 2.74 bits per heavy atom. The SMILES string of the molecule is FC(F)(F)c1cc(Cl)nc(NCCc2ncn[nH]2)c1. The van der Waals surface area contributed by atoms with Crippen molar-refractivity contribution in [2.24, 2.45) is 0 Å². The van der Waals surface area contributed by atoms with Crippen LogP contribution >= 0.6 is 11.6 Å². The van der Waals surface area contributed by atoms with Gasteiger partial charge in [-0.05, 0) is 12.1 Å². The van der Waals surface area contributed by atoms with E-state index in [0.29, 0.717) is 18.8 Å². The van der Waals surface area contributed by atoms with Crippen molar-refractivity contribution in [1.29, 1.82) is 0 Å². The Morgan fingerprint density at radius 2 is 2.11 bits per heavy atom. The third-order valence-corrected chi connectivity index (χ3v) is 2.45. The zero-order valence-corrected chi connectivity index (χ0v) is 10.3. The normalized spacial score (nSPS) is 11.6. The number of anilines is 1. The standard InChI is InChI=1S/C10H9ClF3N5/c11-7-3-6(10(12,13)14)4-9(18-7)15-2-1-8-16-5-17-19-8/h3-5H,1-2H2,(H,15,18)(H,16,17,19). The quantitative estimate of drug-likeness (QED) is 0.850. The molecule has 0 spiro atoms. The third kappa shape index (κ3) is 3.82. The van der Waals surface area contributed by atoms with Gasteiger partial charge in [0, 0.05) is 13.0 Å². The van der Waals surface area contributed by atoms with Crippen LogP contribution in [0.5, 0.6) is 0 Å². The largest absolute Gasteiger partial charge is 0.416 e. The molecule has 2 aromatic rings. The monoisotopic (exact) mass is 291 g/mol. The molecule has 0 aliphatic heterocycles. The summed E-state index contributed by atoms with van der Waals surface area (Å²) in [7, 11) is 0. The molecule has 0 saturated heterocycles. The summed E-state index contributed by atoms with van der Waals surface area (Å²) in [6, 6.07) is 1.69. The number of pyridine rings is 1. The van der Waals surface area contributed by atoms with Crippen LogP contribution in [0.15, 0.2) is 18.5 Å². The van der Waals surface area contributed by atoms with Crippen molar-refractivity contribution in [1.82, 2.24) is 20.2 Å². The Bertz CT molecular complexity index is 541. The summed E-state index contributed by atoms with van der Waals surface area (Å²) in [5, 5.41) is 8.84. The number of hydrogen-bond donors (Lipinski definition) is 2. The van der Waals surface area contributed by atoms with Gasteiger partial charge in [0.15, 0.2) is 0 Å². The minimum Gasteiger partial charge on any atom is -0.370 e. The molecular weight excluding hydrogens is 283 g/mol. The minimum atomic E-state index is -4.45. The molecule has 2 aromatic heterocycles. The molecule has 0 fully saturated rings. The molecule has 19 heavy (non-hydrogen) atoms. The highest BCUT2D eigenvalue weighted by atomic mass is 35.5. The van der Waals surface area contributed by atoms with Gasteiger partial charge in [-0.15, -0.1) is 0 Å². The van der Waals surface area contributed by atoms with E-state index in [-0.39, 0.29) is 11.0 Å². The molecule has 0 aliphatic rings. The Hall–Kier alpha value is -1.83. The Balaban J connectivity index is 2.02. The maximum Gasteiger partial charge on any atom is 0.416 e. The van der Waals surface area contributed by atoms with Crippen molar-refractivity contribution in [3.05, 3.63) is 35.0 Å². The first-order valence-corrected chi connectivity index (χ1v) is 5.66. The molecule has 5 nitrogen and oxygen atoms in total. The number of H-pyrrole nitrogens is 1. The maximum absolute atomic E-state index is 12.6. The third-order valence-electron chi connectivity index (χ3n) is 2.25. The molecular formula is C10H9ClF3N5. The molecule has 102 valence electrons. The first-order valence-electron chi connectivity index (χ1n) is 5.28. The van der Waals surface area contributed by atoms with Crippen LogP contribution in [-0.4, -0.2) is 26.7 Å². The fourth-order valence-corrected chi connectivity index (χ4v) is 1.62. The first-order chi connectivity index (χ1) is 8.95.